The summed E-state index contributed by atoms with van der Waals surface area (Å²) in [7, 11) is 3.61. The number of halogens is 1. The summed E-state index contributed by atoms with van der Waals surface area (Å²) in [5, 5.41) is 0. The van der Waals surface area contributed by atoms with Gasteiger partial charge in [0.25, 0.3) is 5.91 Å². The fourth-order valence-electron chi connectivity index (χ4n) is 3.61. The first-order valence-electron chi connectivity index (χ1n) is 11.1. The van der Waals surface area contributed by atoms with Crippen molar-refractivity contribution in [3.8, 4) is 11.5 Å². The van der Waals surface area contributed by atoms with Crippen molar-refractivity contribution in [2.45, 2.75) is 13.1 Å². The SMILES string of the molecule is COc1ccc(CN(C)C(=O)c2ccc(CN(c3ccccc3F)S(=O)(=O)N(C)C)cc2)cc1OC. The monoisotopic (exact) mass is 515 g/mol. The zero-order valence-corrected chi connectivity index (χ0v) is 21.8. The Kier molecular flexibility index (Phi) is 8.54. The first-order chi connectivity index (χ1) is 17.1. The van der Waals surface area contributed by atoms with E-state index < -0.39 is 16.0 Å². The molecule has 0 saturated heterocycles. The zero-order valence-electron chi connectivity index (χ0n) is 20.9. The van der Waals surface area contributed by atoms with E-state index in [0.29, 0.717) is 29.2 Å². The van der Waals surface area contributed by atoms with Crippen LogP contribution in [-0.4, -0.2) is 58.9 Å². The average molecular weight is 516 g/mol. The molecular weight excluding hydrogens is 485 g/mol. The van der Waals surface area contributed by atoms with Crippen LogP contribution in [-0.2, 0) is 23.3 Å². The summed E-state index contributed by atoms with van der Waals surface area (Å²) in [5.74, 6) is 0.327. The van der Waals surface area contributed by atoms with Gasteiger partial charge in [0.15, 0.2) is 11.5 Å². The van der Waals surface area contributed by atoms with Crippen LogP contribution in [0.3, 0.4) is 0 Å². The summed E-state index contributed by atoms with van der Waals surface area (Å²) in [5.41, 5.74) is 1.85. The van der Waals surface area contributed by atoms with Crippen molar-refractivity contribution >= 4 is 21.8 Å². The summed E-state index contributed by atoms with van der Waals surface area (Å²) >= 11 is 0. The van der Waals surface area contributed by atoms with Crippen molar-refractivity contribution in [3.05, 3.63) is 89.2 Å². The zero-order chi connectivity index (χ0) is 26.5. The van der Waals surface area contributed by atoms with Crippen LogP contribution in [0.5, 0.6) is 11.5 Å². The molecule has 0 N–H and O–H groups in total. The van der Waals surface area contributed by atoms with Gasteiger partial charge in [0.1, 0.15) is 5.82 Å². The molecule has 1 amide bonds. The van der Waals surface area contributed by atoms with Crippen LogP contribution < -0.4 is 13.8 Å². The fourth-order valence-corrected chi connectivity index (χ4v) is 4.71. The molecule has 0 bridgehead atoms. The maximum Gasteiger partial charge on any atom is 0.303 e. The number of carbonyl (C=O) groups excluding carboxylic acids is 1. The molecule has 0 spiro atoms. The predicted molar refractivity (Wildman–Crippen MR) is 137 cm³/mol. The molecule has 0 aromatic heterocycles. The second kappa shape index (κ2) is 11.4. The number of amides is 1. The van der Waals surface area contributed by atoms with Crippen LogP contribution in [0, 0.1) is 5.82 Å². The van der Waals surface area contributed by atoms with Crippen molar-refractivity contribution in [1.82, 2.24) is 9.21 Å². The molecule has 0 heterocycles. The second-order valence-electron chi connectivity index (χ2n) is 8.30. The number of carbonyl (C=O) groups is 1. The van der Waals surface area contributed by atoms with Crippen LogP contribution in [0.1, 0.15) is 21.5 Å². The molecule has 3 aromatic rings. The number of hydrogen-bond donors (Lipinski definition) is 0. The highest BCUT2D eigenvalue weighted by atomic mass is 32.2. The van der Waals surface area contributed by atoms with Gasteiger partial charge >= 0.3 is 10.2 Å². The molecule has 0 aliphatic heterocycles. The molecule has 36 heavy (non-hydrogen) atoms. The van der Waals surface area contributed by atoms with E-state index >= 15 is 0 Å². The van der Waals surface area contributed by atoms with Crippen molar-refractivity contribution < 1.29 is 27.1 Å². The Morgan fingerprint density at radius 3 is 2.03 bits per heavy atom. The Bertz CT molecular complexity index is 1310. The van der Waals surface area contributed by atoms with Gasteiger partial charge in [-0.2, -0.15) is 12.7 Å². The van der Waals surface area contributed by atoms with Gasteiger partial charge in [-0.25, -0.2) is 4.39 Å². The Morgan fingerprint density at radius 2 is 1.44 bits per heavy atom. The van der Waals surface area contributed by atoms with Gasteiger partial charge in [0, 0.05) is 33.3 Å². The average Bonchev–Trinajstić information content (AvgIpc) is 2.87. The third-order valence-electron chi connectivity index (χ3n) is 5.60. The number of methoxy groups -OCH3 is 2. The summed E-state index contributed by atoms with van der Waals surface area (Å²) in [6, 6.07) is 17.7. The topological polar surface area (TPSA) is 79.4 Å². The number of rotatable bonds is 10. The van der Waals surface area contributed by atoms with E-state index in [2.05, 4.69) is 0 Å². The normalized spacial score (nSPS) is 11.3. The standard InChI is InChI=1S/C26H30FN3O5S/c1-28(2)36(32,33)30(23-9-7-6-8-22(23)27)18-19-10-13-21(14-11-19)26(31)29(3)17-20-12-15-24(34-4)25(16-20)35-5/h6-16H,17-18H2,1-5H3. The van der Waals surface area contributed by atoms with Gasteiger partial charge < -0.3 is 14.4 Å². The predicted octanol–water partition coefficient (Wildman–Crippen LogP) is 3.93. The molecule has 192 valence electrons. The quantitative estimate of drug-likeness (QED) is 0.409. The van der Waals surface area contributed by atoms with Crippen LogP contribution in [0.4, 0.5) is 10.1 Å². The second-order valence-corrected chi connectivity index (χ2v) is 10.4. The molecule has 0 radical (unpaired) electrons. The van der Waals surface area contributed by atoms with Crippen LogP contribution >= 0.6 is 0 Å². The molecule has 3 aromatic carbocycles. The van der Waals surface area contributed by atoms with Crippen LogP contribution in [0.25, 0.3) is 0 Å². The van der Waals surface area contributed by atoms with Crippen LogP contribution in [0.15, 0.2) is 66.7 Å². The lowest BCUT2D eigenvalue weighted by Crippen LogP contribution is -2.40. The summed E-state index contributed by atoms with van der Waals surface area (Å²) in [4.78, 5) is 14.6. The number of para-hydroxylation sites is 1. The Labute approximate surface area is 211 Å². The lowest BCUT2D eigenvalue weighted by atomic mass is 10.1. The van der Waals surface area contributed by atoms with E-state index in [-0.39, 0.29) is 18.1 Å². The van der Waals surface area contributed by atoms with Crippen molar-refractivity contribution in [3.63, 3.8) is 0 Å². The lowest BCUT2D eigenvalue weighted by molar-refractivity contribution is 0.0785. The molecule has 0 aliphatic rings. The number of ether oxygens (including phenoxy) is 2. The van der Waals surface area contributed by atoms with Gasteiger partial charge in [0.2, 0.25) is 0 Å². The minimum absolute atomic E-state index is 0.0546. The van der Waals surface area contributed by atoms with Crippen molar-refractivity contribution in [2.75, 3.05) is 39.7 Å². The van der Waals surface area contributed by atoms with Gasteiger partial charge in [-0.1, -0.05) is 30.3 Å². The Hall–Kier alpha value is -3.63. The first kappa shape index (κ1) is 27.0. The van der Waals surface area contributed by atoms with E-state index in [1.54, 1.807) is 62.6 Å². The summed E-state index contributed by atoms with van der Waals surface area (Å²) in [6.45, 7) is 0.250. The van der Waals surface area contributed by atoms with E-state index in [0.717, 1.165) is 14.2 Å². The Morgan fingerprint density at radius 1 is 0.833 bits per heavy atom. The summed E-state index contributed by atoms with van der Waals surface area (Å²) in [6.07, 6.45) is 0. The molecule has 0 atom stereocenters. The third kappa shape index (κ3) is 5.95. The molecule has 3 rings (SSSR count). The van der Waals surface area contributed by atoms with Gasteiger partial charge in [0.05, 0.1) is 26.5 Å². The fraction of sp³-hybridized carbons (Fsp3) is 0.269. The molecule has 0 aliphatic carbocycles. The highest BCUT2D eigenvalue weighted by molar-refractivity contribution is 7.90. The molecule has 8 nitrogen and oxygen atoms in total. The van der Waals surface area contributed by atoms with Gasteiger partial charge in [-0.05, 0) is 47.5 Å². The molecule has 0 unspecified atom stereocenters. The number of benzene rings is 3. The summed E-state index contributed by atoms with van der Waals surface area (Å²) < 4.78 is 52.9. The van der Waals surface area contributed by atoms with Gasteiger partial charge in [-0.3, -0.25) is 9.10 Å². The number of hydrogen-bond acceptors (Lipinski definition) is 5. The molecule has 0 fully saturated rings. The number of nitrogens with zero attached hydrogens (tertiary/aromatic N) is 3. The lowest BCUT2D eigenvalue weighted by Gasteiger charge is -2.28. The first-order valence-corrected chi connectivity index (χ1v) is 12.5. The molecule has 0 saturated carbocycles. The van der Waals surface area contributed by atoms with Crippen molar-refractivity contribution in [2.24, 2.45) is 0 Å². The third-order valence-corrected chi connectivity index (χ3v) is 7.41. The van der Waals surface area contributed by atoms with Gasteiger partial charge in [-0.15, -0.1) is 0 Å². The number of anilines is 1. The minimum atomic E-state index is -3.97. The van der Waals surface area contributed by atoms with E-state index in [4.69, 9.17) is 9.47 Å². The highest BCUT2D eigenvalue weighted by Crippen LogP contribution is 2.28. The van der Waals surface area contributed by atoms with Crippen molar-refractivity contribution in [1.29, 1.82) is 0 Å². The minimum Gasteiger partial charge on any atom is -0.493 e. The highest BCUT2D eigenvalue weighted by Gasteiger charge is 2.27. The maximum atomic E-state index is 14.5. The van der Waals surface area contributed by atoms with E-state index in [1.807, 2.05) is 12.1 Å². The van der Waals surface area contributed by atoms with Crippen LogP contribution in [0.2, 0.25) is 0 Å². The maximum absolute atomic E-state index is 14.5. The Balaban J connectivity index is 1.78. The smallest absolute Gasteiger partial charge is 0.303 e. The molecule has 10 heteroatoms. The molecular formula is C26H30FN3O5S. The van der Waals surface area contributed by atoms with E-state index in [1.165, 1.54) is 32.3 Å². The largest absolute Gasteiger partial charge is 0.493 e. The van der Waals surface area contributed by atoms with E-state index in [9.17, 15) is 17.6 Å².